The van der Waals surface area contributed by atoms with Gasteiger partial charge in [-0.25, -0.2) is 0 Å². The van der Waals surface area contributed by atoms with Gasteiger partial charge < -0.3 is 21.5 Å². The lowest BCUT2D eigenvalue weighted by Crippen LogP contribution is -2.39. The first-order chi connectivity index (χ1) is 14.9. The Morgan fingerprint density at radius 3 is 2.84 bits per heavy atom. The average molecular weight is 441 g/mol. The van der Waals surface area contributed by atoms with Gasteiger partial charge in [-0.2, -0.15) is 0 Å². The Morgan fingerprint density at radius 1 is 1.39 bits per heavy atom. The molecular weight excluding hydrogens is 404 g/mol. The molecule has 4 atom stereocenters. The highest BCUT2D eigenvalue weighted by Gasteiger charge is 2.30. The summed E-state index contributed by atoms with van der Waals surface area (Å²) in [5.41, 5.74) is 9.18. The number of nitrogens with zero attached hydrogens (tertiary/aromatic N) is 1. The summed E-state index contributed by atoms with van der Waals surface area (Å²) in [5.74, 6) is 0.963. The Balaban J connectivity index is 1.43. The van der Waals surface area contributed by atoms with Crippen LogP contribution < -0.4 is 16.4 Å². The van der Waals surface area contributed by atoms with Gasteiger partial charge in [0.15, 0.2) is 5.17 Å². The Labute approximate surface area is 191 Å². The maximum absolute atomic E-state index is 10.6. The minimum Gasteiger partial charge on any atom is -0.387 e. The standard InChI is InChI=1S/C25H36N4OS/c1-4-5-6-7-18(2)23(30)22-13-12-21(28-22)16-19-8-10-20(11-9-19)27-15-14-25(3)17-31-24(26)29-25/h4-11,21-23,27-28,30H,1,12-17H2,2-3H3,(H2,26,29). The maximum Gasteiger partial charge on any atom is 0.154 e. The maximum atomic E-state index is 10.6. The first-order valence-electron chi connectivity index (χ1n) is 11.1. The van der Waals surface area contributed by atoms with E-state index in [-0.39, 0.29) is 11.6 Å². The van der Waals surface area contributed by atoms with Crippen LogP contribution in [0.25, 0.3) is 0 Å². The van der Waals surface area contributed by atoms with Crippen molar-refractivity contribution in [2.45, 2.75) is 63.3 Å². The summed E-state index contributed by atoms with van der Waals surface area (Å²) >= 11 is 1.64. The van der Waals surface area contributed by atoms with Gasteiger partial charge in [0.05, 0.1) is 11.6 Å². The topological polar surface area (TPSA) is 82.7 Å². The predicted octanol–water partition coefficient (Wildman–Crippen LogP) is 4.02. The van der Waals surface area contributed by atoms with E-state index in [4.69, 9.17) is 5.73 Å². The summed E-state index contributed by atoms with van der Waals surface area (Å²) in [5, 5.41) is 18.4. The lowest BCUT2D eigenvalue weighted by molar-refractivity contribution is 0.167. The number of nitrogens with one attached hydrogen (secondary N) is 2. The number of benzene rings is 1. The van der Waals surface area contributed by atoms with Crippen LogP contribution in [0.5, 0.6) is 0 Å². The molecule has 31 heavy (non-hydrogen) atoms. The molecular formula is C25H36N4OS. The quantitative estimate of drug-likeness (QED) is 0.413. The number of anilines is 1. The molecule has 2 heterocycles. The number of hydrogen-bond acceptors (Lipinski definition) is 6. The molecule has 2 aliphatic heterocycles. The molecule has 1 saturated heterocycles. The third kappa shape index (κ3) is 6.99. The first kappa shape index (κ1) is 23.6. The van der Waals surface area contributed by atoms with Crippen molar-refractivity contribution in [3.8, 4) is 0 Å². The van der Waals surface area contributed by atoms with E-state index in [0.29, 0.717) is 11.2 Å². The average Bonchev–Trinajstić information content (AvgIpc) is 3.35. The van der Waals surface area contributed by atoms with Crippen molar-refractivity contribution < 1.29 is 5.11 Å². The van der Waals surface area contributed by atoms with Crippen LogP contribution in [0, 0.1) is 0 Å². The van der Waals surface area contributed by atoms with Crippen molar-refractivity contribution >= 4 is 22.6 Å². The summed E-state index contributed by atoms with van der Waals surface area (Å²) in [6.45, 7) is 8.69. The smallest absolute Gasteiger partial charge is 0.154 e. The van der Waals surface area contributed by atoms with E-state index in [1.165, 1.54) is 5.56 Å². The fraction of sp³-hybridized carbons (Fsp3) is 0.480. The molecule has 0 amide bonds. The van der Waals surface area contributed by atoms with Crippen molar-refractivity contribution in [1.29, 1.82) is 0 Å². The number of rotatable bonds is 10. The Hall–Kier alpha value is -2.02. The zero-order valence-corrected chi connectivity index (χ0v) is 19.5. The van der Waals surface area contributed by atoms with Gasteiger partial charge in [-0.3, -0.25) is 4.99 Å². The summed E-state index contributed by atoms with van der Waals surface area (Å²) in [4.78, 5) is 4.55. The molecule has 0 aliphatic carbocycles. The summed E-state index contributed by atoms with van der Waals surface area (Å²) in [6, 6.07) is 9.21. The molecule has 0 spiro atoms. The van der Waals surface area contributed by atoms with Crippen LogP contribution in [-0.4, -0.2) is 46.3 Å². The molecule has 1 aromatic rings. The predicted molar refractivity (Wildman–Crippen MR) is 135 cm³/mol. The van der Waals surface area contributed by atoms with Gasteiger partial charge in [-0.05, 0) is 62.8 Å². The van der Waals surface area contributed by atoms with E-state index in [1.807, 2.05) is 25.2 Å². The van der Waals surface area contributed by atoms with E-state index >= 15 is 0 Å². The SMILES string of the molecule is C=CC=CC=C(C)C(O)C1CCC(Cc2ccc(NCCC3(C)CSC(N)=N3)cc2)N1. The highest BCUT2D eigenvalue weighted by Crippen LogP contribution is 2.29. The Morgan fingerprint density at radius 2 is 2.16 bits per heavy atom. The number of thioether (sulfide) groups is 1. The second-order valence-electron chi connectivity index (χ2n) is 8.84. The molecule has 4 unspecified atom stereocenters. The number of aliphatic imine (C=N–C) groups is 1. The molecule has 5 N–H and O–H groups in total. The number of amidine groups is 1. The van der Waals surface area contributed by atoms with Crippen molar-refractivity contribution in [2.75, 3.05) is 17.6 Å². The van der Waals surface area contributed by atoms with Crippen LogP contribution in [-0.2, 0) is 6.42 Å². The first-order valence-corrected chi connectivity index (χ1v) is 12.1. The van der Waals surface area contributed by atoms with Crippen LogP contribution in [0.3, 0.4) is 0 Å². The fourth-order valence-electron chi connectivity index (χ4n) is 4.17. The highest BCUT2D eigenvalue weighted by molar-refractivity contribution is 8.14. The van der Waals surface area contributed by atoms with Crippen LogP contribution in [0.1, 0.15) is 38.7 Å². The molecule has 3 rings (SSSR count). The Bertz CT molecular complexity index is 832. The minimum absolute atomic E-state index is 0.0492. The lowest BCUT2D eigenvalue weighted by Gasteiger charge is -2.21. The molecule has 1 fully saturated rings. The van der Waals surface area contributed by atoms with Crippen LogP contribution in [0.15, 0.2) is 65.7 Å². The van der Waals surface area contributed by atoms with E-state index in [1.54, 1.807) is 17.8 Å². The number of allylic oxidation sites excluding steroid dienone is 4. The number of aliphatic hydroxyl groups excluding tert-OH is 1. The highest BCUT2D eigenvalue weighted by atomic mass is 32.2. The van der Waals surface area contributed by atoms with E-state index in [9.17, 15) is 5.11 Å². The molecule has 6 heteroatoms. The van der Waals surface area contributed by atoms with Gasteiger partial charge in [-0.1, -0.05) is 54.8 Å². The van der Waals surface area contributed by atoms with Gasteiger partial charge in [0.2, 0.25) is 0 Å². The number of nitrogens with two attached hydrogens (primary N) is 1. The molecule has 0 bridgehead atoms. The van der Waals surface area contributed by atoms with Crippen molar-refractivity contribution in [1.82, 2.24) is 5.32 Å². The van der Waals surface area contributed by atoms with Crippen LogP contribution in [0.2, 0.25) is 0 Å². The number of hydrogen-bond donors (Lipinski definition) is 4. The van der Waals surface area contributed by atoms with Gasteiger partial charge in [0.1, 0.15) is 0 Å². The normalized spacial score (nSPS) is 27.5. The summed E-state index contributed by atoms with van der Waals surface area (Å²) < 4.78 is 0. The van der Waals surface area contributed by atoms with E-state index in [0.717, 1.165) is 49.2 Å². The van der Waals surface area contributed by atoms with E-state index < -0.39 is 6.10 Å². The van der Waals surface area contributed by atoms with Crippen LogP contribution >= 0.6 is 11.8 Å². The molecule has 0 saturated carbocycles. The summed E-state index contributed by atoms with van der Waals surface area (Å²) in [7, 11) is 0. The van der Waals surface area contributed by atoms with Crippen LogP contribution in [0.4, 0.5) is 5.69 Å². The Kier molecular flexibility index (Phi) is 8.41. The largest absolute Gasteiger partial charge is 0.387 e. The molecule has 168 valence electrons. The molecule has 5 nitrogen and oxygen atoms in total. The third-order valence-corrected chi connectivity index (χ3v) is 7.22. The minimum atomic E-state index is -0.453. The molecule has 0 radical (unpaired) electrons. The van der Waals surface area contributed by atoms with Crippen molar-refractivity contribution in [3.63, 3.8) is 0 Å². The van der Waals surface area contributed by atoms with Gasteiger partial charge in [0, 0.05) is 30.1 Å². The molecule has 0 aromatic heterocycles. The summed E-state index contributed by atoms with van der Waals surface area (Å²) in [6.07, 6.45) is 11.1. The van der Waals surface area contributed by atoms with Gasteiger partial charge in [0.25, 0.3) is 0 Å². The van der Waals surface area contributed by atoms with Gasteiger partial charge in [-0.15, -0.1) is 0 Å². The monoisotopic (exact) mass is 440 g/mol. The zero-order valence-electron chi connectivity index (χ0n) is 18.7. The zero-order chi connectivity index (χ0) is 22.3. The van der Waals surface area contributed by atoms with E-state index in [2.05, 4.69) is 53.4 Å². The lowest BCUT2D eigenvalue weighted by atomic mass is 10.0. The molecule has 2 aliphatic rings. The number of aliphatic hydroxyl groups is 1. The van der Waals surface area contributed by atoms with Crippen molar-refractivity contribution in [3.05, 3.63) is 66.3 Å². The molecule has 1 aromatic carbocycles. The second kappa shape index (κ2) is 11.0. The fourth-order valence-corrected chi connectivity index (χ4v) is 5.12. The second-order valence-corrected chi connectivity index (χ2v) is 9.83. The van der Waals surface area contributed by atoms with Gasteiger partial charge >= 0.3 is 0 Å². The third-order valence-electron chi connectivity index (χ3n) is 6.07. The van der Waals surface area contributed by atoms with Crippen molar-refractivity contribution in [2.24, 2.45) is 10.7 Å².